The Kier molecular flexibility index (Phi) is 6.50. The summed E-state index contributed by atoms with van der Waals surface area (Å²) in [5, 5.41) is 3.01. The first-order valence-corrected chi connectivity index (χ1v) is 7.46. The van der Waals surface area contributed by atoms with Crippen molar-refractivity contribution in [3.8, 4) is 5.75 Å². The molecule has 0 spiro atoms. The summed E-state index contributed by atoms with van der Waals surface area (Å²) in [7, 11) is 0. The Labute approximate surface area is 139 Å². The van der Waals surface area contributed by atoms with Gasteiger partial charge < -0.3 is 14.8 Å². The summed E-state index contributed by atoms with van der Waals surface area (Å²) in [6, 6.07) is 4.88. The highest BCUT2D eigenvalue weighted by atomic mass is 35.5. The number of carbonyl (C=O) groups excluding carboxylic acids is 2. The lowest BCUT2D eigenvalue weighted by Gasteiger charge is -2.20. The van der Waals surface area contributed by atoms with Crippen LogP contribution in [0.3, 0.4) is 0 Å². The van der Waals surface area contributed by atoms with Gasteiger partial charge in [-0.05, 0) is 39.8 Å². The molecule has 5 nitrogen and oxygen atoms in total. The Hall–Kier alpha value is -1.46. The molecule has 22 heavy (non-hydrogen) atoms. The van der Waals surface area contributed by atoms with E-state index in [1.54, 1.807) is 45.9 Å². The molecule has 0 aliphatic heterocycles. The van der Waals surface area contributed by atoms with Crippen LogP contribution in [0.25, 0.3) is 0 Å². The number of halogens is 2. The first-order chi connectivity index (χ1) is 10.1. The number of ether oxygens (including phenoxy) is 2. The molecule has 1 unspecified atom stereocenters. The van der Waals surface area contributed by atoms with Crippen molar-refractivity contribution in [1.29, 1.82) is 0 Å². The first-order valence-electron chi connectivity index (χ1n) is 6.70. The third kappa shape index (κ3) is 6.12. The van der Waals surface area contributed by atoms with E-state index in [1.165, 1.54) is 0 Å². The molecule has 1 amide bonds. The van der Waals surface area contributed by atoms with Gasteiger partial charge in [-0.1, -0.05) is 29.3 Å². The number of benzene rings is 1. The van der Waals surface area contributed by atoms with Crippen LogP contribution in [0.15, 0.2) is 18.2 Å². The summed E-state index contributed by atoms with van der Waals surface area (Å²) in [5.74, 6) is -0.676. The van der Waals surface area contributed by atoms with Crippen molar-refractivity contribution in [1.82, 2.24) is 5.32 Å². The second-order valence-electron chi connectivity index (χ2n) is 5.62. The Morgan fingerprint density at radius 1 is 1.27 bits per heavy atom. The molecule has 122 valence electrons. The fourth-order valence-electron chi connectivity index (χ4n) is 1.50. The molecule has 1 aromatic rings. The van der Waals surface area contributed by atoms with E-state index in [0.717, 1.165) is 0 Å². The molecule has 0 saturated heterocycles. The van der Waals surface area contributed by atoms with Gasteiger partial charge in [0.1, 0.15) is 22.9 Å². The lowest BCUT2D eigenvalue weighted by atomic mass is 10.2. The number of nitrogens with one attached hydrogen (secondary N) is 1. The highest BCUT2D eigenvalue weighted by Crippen LogP contribution is 2.32. The highest BCUT2D eigenvalue weighted by molar-refractivity contribution is 6.42. The second kappa shape index (κ2) is 7.70. The van der Waals surface area contributed by atoms with Crippen molar-refractivity contribution in [3.05, 3.63) is 28.2 Å². The Morgan fingerprint density at radius 2 is 1.91 bits per heavy atom. The minimum absolute atomic E-state index is 0.229. The van der Waals surface area contributed by atoms with Gasteiger partial charge in [0.2, 0.25) is 0 Å². The number of hydrogen-bond acceptors (Lipinski definition) is 4. The molecule has 1 N–H and O–H groups in total. The zero-order chi connectivity index (χ0) is 16.9. The van der Waals surface area contributed by atoms with Gasteiger partial charge in [0.05, 0.1) is 5.02 Å². The van der Waals surface area contributed by atoms with Crippen LogP contribution in [-0.2, 0) is 14.3 Å². The molecule has 1 atom stereocenters. The SMILES string of the molecule is CC(Oc1cccc(Cl)c1Cl)C(=O)NCC(=O)OC(C)(C)C. The van der Waals surface area contributed by atoms with Crippen LogP contribution in [0.5, 0.6) is 5.75 Å². The zero-order valence-corrected chi connectivity index (χ0v) is 14.4. The van der Waals surface area contributed by atoms with Crippen LogP contribution in [0, 0.1) is 0 Å². The zero-order valence-electron chi connectivity index (χ0n) is 12.9. The van der Waals surface area contributed by atoms with Gasteiger partial charge in [0.15, 0.2) is 6.10 Å². The van der Waals surface area contributed by atoms with Crippen molar-refractivity contribution in [3.63, 3.8) is 0 Å². The molecule has 1 aromatic carbocycles. The topological polar surface area (TPSA) is 64.6 Å². The maximum Gasteiger partial charge on any atom is 0.325 e. The van der Waals surface area contributed by atoms with E-state index in [9.17, 15) is 9.59 Å². The lowest BCUT2D eigenvalue weighted by Crippen LogP contribution is -2.40. The minimum atomic E-state index is -0.835. The maximum atomic E-state index is 11.9. The molecular weight excluding hydrogens is 329 g/mol. The van der Waals surface area contributed by atoms with Crippen LogP contribution in [-0.4, -0.2) is 30.1 Å². The number of rotatable bonds is 5. The summed E-state index contributed by atoms with van der Waals surface area (Å²) in [5.41, 5.74) is -0.599. The average Bonchev–Trinajstić information content (AvgIpc) is 2.39. The fraction of sp³-hybridized carbons (Fsp3) is 0.467. The van der Waals surface area contributed by atoms with E-state index in [1.807, 2.05) is 0 Å². The van der Waals surface area contributed by atoms with Crippen molar-refractivity contribution in [2.75, 3.05) is 6.54 Å². The molecule has 0 radical (unpaired) electrons. The van der Waals surface area contributed by atoms with Gasteiger partial charge in [-0.3, -0.25) is 9.59 Å². The molecule has 0 aliphatic carbocycles. The van der Waals surface area contributed by atoms with Crippen molar-refractivity contribution in [2.45, 2.75) is 39.4 Å². The van der Waals surface area contributed by atoms with Gasteiger partial charge in [-0.15, -0.1) is 0 Å². The summed E-state index contributed by atoms with van der Waals surface area (Å²) in [6.07, 6.45) is -0.835. The fourth-order valence-corrected chi connectivity index (χ4v) is 1.84. The Morgan fingerprint density at radius 3 is 2.50 bits per heavy atom. The summed E-state index contributed by atoms with van der Waals surface area (Å²) in [4.78, 5) is 23.4. The largest absolute Gasteiger partial charge is 0.479 e. The maximum absolute atomic E-state index is 11.9. The van der Waals surface area contributed by atoms with E-state index >= 15 is 0 Å². The summed E-state index contributed by atoms with van der Waals surface area (Å²) in [6.45, 7) is 6.56. The Balaban J connectivity index is 2.52. The van der Waals surface area contributed by atoms with E-state index in [4.69, 9.17) is 32.7 Å². The number of hydrogen-bond donors (Lipinski definition) is 1. The highest BCUT2D eigenvalue weighted by Gasteiger charge is 2.20. The van der Waals surface area contributed by atoms with Crippen LogP contribution >= 0.6 is 23.2 Å². The Bertz CT molecular complexity index is 555. The normalized spacial score (nSPS) is 12.5. The van der Waals surface area contributed by atoms with Gasteiger partial charge in [0, 0.05) is 0 Å². The van der Waals surface area contributed by atoms with Crippen LogP contribution in [0.2, 0.25) is 10.0 Å². The van der Waals surface area contributed by atoms with Gasteiger partial charge in [-0.25, -0.2) is 0 Å². The van der Waals surface area contributed by atoms with Crippen LogP contribution < -0.4 is 10.1 Å². The molecule has 0 aliphatic rings. The smallest absolute Gasteiger partial charge is 0.325 e. The molecule has 0 aromatic heterocycles. The molecule has 7 heteroatoms. The molecule has 0 fully saturated rings. The monoisotopic (exact) mass is 347 g/mol. The van der Waals surface area contributed by atoms with E-state index in [-0.39, 0.29) is 11.6 Å². The number of esters is 1. The predicted molar refractivity (Wildman–Crippen MR) is 85.4 cm³/mol. The van der Waals surface area contributed by atoms with Crippen LogP contribution in [0.4, 0.5) is 0 Å². The van der Waals surface area contributed by atoms with Crippen molar-refractivity contribution < 1.29 is 19.1 Å². The van der Waals surface area contributed by atoms with E-state index < -0.39 is 23.6 Å². The molecule has 1 rings (SSSR count). The first kappa shape index (κ1) is 18.6. The van der Waals surface area contributed by atoms with Gasteiger partial charge in [-0.2, -0.15) is 0 Å². The van der Waals surface area contributed by atoms with Crippen molar-refractivity contribution >= 4 is 35.1 Å². The third-order valence-electron chi connectivity index (χ3n) is 2.42. The quantitative estimate of drug-likeness (QED) is 0.830. The van der Waals surface area contributed by atoms with E-state index in [2.05, 4.69) is 5.32 Å². The van der Waals surface area contributed by atoms with Gasteiger partial charge >= 0.3 is 5.97 Å². The lowest BCUT2D eigenvalue weighted by molar-refractivity contribution is -0.154. The number of carbonyl (C=O) groups is 2. The van der Waals surface area contributed by atoms with Gasteiger partial charge in [0.25, 0.3) is 5.91 Å². The molecule has 0 bridgehead atoms. The molecule has 0 saturated carbocycles. The second-order valence-corrected chi connectivity index (χ2v) is 6.40. The molecular formula is C15H19Cl2NO4. The average molecular weight is 348 g/mol. The molecule has 0 heterocycles. The standard InChI is InChI=1S/C15H19Cl2NO4/c1-9(21-11-7-5-6-10(16)13(11)17)14(20)18-8-12(19)22-15(2,3)4/h5-7,9H,8H2,1-4H3,(H,18,20). The third-order valence-corrected chi connectivity index (χ3v) is 3.22. The predicted octanol–water partition coefficient (Wildman–Crippen LogP) is 3.22. The summed E-state index contributed by atoms with van der Waals surface area (Å²) >= 11 is 11.8. The number of amides is 1. The van der Waals surface area contributed by atoms with E-state index in [0.29, 0.717) is 10.8 Å². The van der Waals surface area contributed by atoms with Crippen molar-refractivity contribution in [2.24, 2.45) is 0 Å². The minimum Gasteiger partial charge on any atom is -0.479 e. The van der Waals surface area contributed by atoms with Crippen LogP contribution in [0.1, 0.15) is 27.7 Å². The summed E-state index contributed by atoms with van der Waals surface area (Å²) < 4.78 is 10.5.